The van der Waals surface area contributed by atoms with Crippen LogP contribution >= 0.6 is 23.2 Å². The Balaban J connectivity index is 1.42. The molecule has 0 radical (unpaired) electrons. The van der Waals surface area contributed by atoms with E-state index in [1.54, 1.807) is 18.2 Å². The maximum atomic E-state index is 13.3. The summed E-state index contributed by atoms with van der Waals surface area (Å²) in [5, 5.41) is 3.36. The van der Waals surface area contributed by atoms with Crippen LogP contribution < -0.4 is 14.5 Å². The van der Waals surface area contributed by atoms with Gasteiger partial charge in [0.15, 0.2) is 0 Å². The van der Waals surface area contributed by atoms with E-state index >= 15 is 0 Å². The lowest BCUT2D eigenvalue weighted by molar-refractivity contribution is -0.119. The van der Waals surface area contributed by atoms with Gasteiger partial charge in [0.25, 0.3) is 10.0 Å². The highest BCUT2D eigenvalue weighted by molar-refractivity contribution is 7.92. The molecule has 0 saturated heterocycles. The summed E-state index contributed by atoms with van der Waals surface area (Å²) in [6.45, 7) is 1.85. The number of anilines is 2. The highest BCUT2D eigenvalue weighted by atomic mass is 35.5. The van der Waals surface area contributed by atoms with Gasteiger partial charge in [0, 0.05) is 25.3 Å². The van der Waals surface area contributed by atoms with Crippen molar-refractivity contribution in [2.75, 3.05) is 35.4 Å². The van der Waals surface area contributed by atoms with Crippen LogP contribution in [0.4, 0.5) is 11.4 Å². The zero-order valence-corrected chi connectivity index (χ0v) is 20.8. The van der Waals surface area contributed by atoms with Crippen molar-refractivity contribution in [2.24, 2.45) is 0 Å². The molecule has 178 valence electrons. The number of carbonyl (C=O) groups excluding carboxylic acids is 1. The molecular weight excluding hydrogens is 493 g/mol. The molecule has 6 nitrogen and oxygen atoms in total. The fraction of sp³-hybridized carbons (Fsp3) is 0.240. The van der Waals surface area contributed by atoms with Crippen molar-refractivity contribution in [1.82, 2.24) is 5.32 Å². The molecule has 0 spiro atoms. The Morgan fingerprint density at radius 3 is 2.47 bits per heavy atom. The van der Waals surface area contributed by atoms with E-state index in [-0.39, 0.29) is 22.2 Å². The Kier molecular flexibility index (Phi) is 7.66. The monoisotopic (exact) mass is 517 g/mol. The van der Waals surface area contributed by atoms with Crippen molar-refractivity contribution in [3.8, 4) is 0 Å². The summed E-state index contributed by atoms with van der Waals surface area (Å²) < 4.78 is 27.7. The van der Waals surface area contributed by atoms with Crippen molar-refractivity contribution >= 4 is 50.5 Å². The van der Waals surface area contributed by atoms with Gasteiger partial charge in [-0.2, -0.15) is 0 Å². The van der Waals surface area contributed by atoms with Gasteiger partial charge in [-0.15, -0.1) is 0 Å². The predicted octanol–water partition coefficient (Wildman–Crippen LogP) is 4.76. The Hall–Kier alpha value is -2.74. The Labute approximate surface area is 210 Å². The van der Waals surface area contributed by atoms with Crippen LogP contribution in [0.15, 0.2) is 77.7 Å². The second kappa shape index (κ2) is 10.7. The van der Waals surface area contributed by atoms with Crippen LogP contribution in [0.2, 0.25) is 10.0 Å². The number of hydrogen-bond donors (Lipinski definition) is 1. The lowest BCUT2D eigenvalue weighted by atomic mass is 10.2. The molecule has 34 heavy (non-hydrogen) atoms. The summed E-state index contributed by atoms with van der Waals surface area (Å²) in [5.74, 6) is -0.396. The first kappa shape index (κ1) is 24.4. The van der Waals surface area contributed by atoms with E-state index < -0.39 is 15.9 Å². The van der Waals surface area contributed by atoms with Gasteiger partial charge < -0.3 is 10.2 Å². The molecular formula is C25H25Cl2N3O3S. The van der Waals surface area contributed by atoms with E-state index in [4.69, 9.17) is 23.2 Å². The van der Waals surface area contributed by atoms with E-state index in [1.165, 1.54) is 41.6 Å². The van der Waals surface area contributed by atoms with Crippen LogP contribution in [0.1, 0.15) is 12.0 Å². The first-order valence-corrected chi connectivity index (χ1v) is 13.2. The van der Waals surface area contributed by atoms with Crippen LogP contribution in [0, 0.1) is 0 Å². The number of benzene rings is 3. The largest absolute Gasteiger partial charge is 0.371 e. The van der Waals surface area contributed by atoms with Crippen molar-refractivity contribution in [1.29, 1.82) is 0 Å². The van der Waals surface area contributed by atoms with E-state index in [1.807, 2.05) is 12.1 Å². The topological polar surface area (TPSA) is 69.7 Å². The third-order valence-electron chi connectivity index (χ3n) is 5.72. The number of halogens is 2. The van der Waals surface area contributed by atoms with Gasteiger partial charge in [-0.3, -0.25) is 9.10 Å². The van der Waals surface area contributed by atoms with E-state index in [2.05, 4.69) is 22.3 Å². The molecule has 0 saturated carbocycles. The Morgan fingerprint density at radius 2 is 1.71 bits per heavy atom. The average molecular weight is 518 g/mol. The maximum absolute atomic E-state index is 13.3. The van der Waals surface area contributed by atoms with Crippen LogP contribution in [-0.4, -0.2) is 40.5 Å². The van der Waals surface area contributed by atoms with Crippen molar-refractivity contribution in [3.05, 3.63) is 88.4 Å². The van der Waals surface area contributed by atoms with Crippen LogP contribution in [-0.2, 0) is 21.2 Å². The molecule has 1 aliphatic heterocycles. The van der Waals surface area contributed by atoms with Gasteiger partial charge in [0.1, 0.15) is 6.54 Å². The standard InChI is InChI=1S/C25H25Cl2N3O3S/c26-22-12-11-20(17-23(22)27)30(34(32,33)21-8-2-1-3-9-21)18-25(31)28-14-6-15-29-16-13-19-7-4-5-10-24(19)29/h1-5,7-12,17H,6,13-16,18H2,(H,28,31). The third-order valence-corrected chi connectivity index (χ3v) is 8.25. The van der Waals surface area contributed by atoms with E-state index in [0.717, 1.165) is 30.2 Å². The fourth-order valence-electron chi connectivity index (χ4n) is 4.00. The summed E-state index contributed by atoms with van der Waals surface area (Å²) in [4.78, 5) is 15.2. The molecule has 4 rings (SSSR count). The minimum Gasteiger partial charge on any atom is -0.371 e. The third kappa shape index (κ3) is 5.49. The molecule has 1 heterocycles. The van der Waals surface area contributed by atoms with Gasteiger partial charge in [-0.1, -0.05) is 59.6 Å². The number of nitrogens with zero attached hydrogens (tertiary/aromatic N) is 2. The number of amides is 1. The Morgan fingerprint density at radius 1 is 0.971 bits per heavy atom. The van der Waals surface area contributed by atoms with Gasteiger partial charge in [-0.05, 0) is 54.8 Å². The van der Waals surface area contributed by atoms with E-state index in [9.17, 15) is 13.2 Å². The molecule has 0 bridgehead atoms. The summed E-state index contributed by atoms with van der Waals surface area (Å²) in [7, 11) is -3.99. The minimum absolute atomic E-state index is 0.0848. The first-order chi connectivity index (χ1) is 16.4. The SMILES string of the molecule is O=C(CN(c1ccc(Cl)c(Cl)c1)S(=O)(=O)c1ccccc1)NCCCN1CCc2ccccc21. The number of carbonyl (C=O) groups is 1. The number of rotatable bonds is 9. The predicted molar refractivity (Wildman–Crippen MR) is 137 cm³/mol. The smallest absolute Gasteiger partial charge is 0.264 e. The lowest BCUT2D eigenvalue weighted by Gasteiger charge is -2.24. The normalized spacial score (nSPS) is 12.9. The van der Waals surface area contributed by atoms with Gasteiger partial charge >= 0.3 is 0 Å². The zero-order valence-electron chi connectivity index (χ0n) is 18.5. The molecule has 1 N–H and O–H groups in total. The summed E-state index contributed by atoms with van der Waals surface area (Å²) in [5.41, 5.74) is 2.85. The van der Waals surface area contributed by atoms with E-state index in [0.29, 0.717) is 11.6 Å². The van der Waals surface area contributed by atoms with Crippen molar-refractivity contribution in [3.63, 3.8) is 0 Å². The van der Waals surface area contributed by atoms with Gasteiger partial charge in [0.05, 0.1) is 20.6 Å². The average Bonchev–Trinajstić information content (AvgIpc) is 3.26. The molecule has 3 aromatic rings. The highest BCUT2D eigenvalue weighted by Crippen LogP contribution is 2.30. The highest BCUT2D eigenvalue weighted by Gasteiger charge is 2.27. The second-order valence-corrected chi connectivity index (χ2v) is 10.7. The summed E-state index contributed by atoms with van der Waals surface area (Å²) in [6, 6.07) is 20.8. The number of nitrogens with one attached hydrogen (secondary N) is 1. The maximum Gasteiger partial charge on any atom is 0.264 e. The molecule has 0 fully saturated rings. The molecule has 1 aliphatic rings. The van der Waals surface area contributed by atoms with Gasteiger partial charge in [0.2, 0.25) is 5.91 Å². The number of para-hydroxylation sites is 1. The minimum atomic E-state index is -3.99. The fourth-order valence-corrected chi connectivity index (χ4v) is 5.72. The lowest BCUT2D eigenvalue weighted by Crippen LogP contribution is -2.41. The van der Waals surface area contributed by atoms with Gasteiger partial charge in [-0.25, -0.2) is 8.42 Å². The van der Waals surface area contributed by atoms with Crippen LogP contribution in [0.25, 0.3) is 0 Å². The first-order valence-electron chi connectivity index (χ1n) is 11.0. The summed E-state index contributed by atoms with van der Waals surface area (Å²) in [6.07, 6.45) is 1.77. The molecule has 0 aliphatic carbocycles. The van der Waals surface area contributed by atoms with Crippen LogP contribution in [0.5, 0.6) is 0 Å². The molecule has 9 heteroatoms. The quantitative estimate of drug-likeness (QED) is 0.415. The van der Waals surface area contributed by atoms with Crippen molar-refractivity contribution < 1.29 is 13.2 Å². The molecule has 3 aromatic carbocycles. The second-order valence-electron chi connectivity index (χ2n) is 7.99. The number of sulfonamides is 1. The number of fused-ring (bicyclic) bond motifs is 1. The Bertz CT molecular complexity index is 1270. The molecule has 0 atom stereocenters. The molecule has 1 amide bonds. The van der Waals surface area contributed by atoms with Crippen molar-refractivity contribution in [2.45, 2.75) is 17.7 Å². The van der Waals surface area contributed by atoms with Crippen LogP contribution in [0.3, 0.4) is 0 Å². The zero-order chi connectivity index (χ0) is 24.1. The number of hydrogen-bond acceptors (Lipinski definition) is 4. The molecule has 0 aromatic heterocycles. The summed E-state index contributed by atoms with van der Waals surface area (Å²) >= 11 is 12.1. The molecule has 0 unspecified atom stereocenters.